The Labute approximate surface area is 136 Å². The first kappa shape index (κ1) is 22.4. The van der Waals surface area contributed by atoms with E-state index in [1.54, 1.807) is 0 Å². The Morgan fingerprint density at radius 3 is 1.95 bits per heavy atom. The van der Waals surface area contributed by atoms with Crippen molar-refractivity contribution < 1.29 is 0 Å². The van der Waals surface area contributed by atoms with Crippen LogP contribution in [0.1, 0.15) is 85.0 Å². The van der Waals surface area contributed by atoms with Crippen LogP contribution in [0.15, 0.2) is 0 Å². The summed E-state index contributed by atoms with van der Waals surface area (Å²) in [6.45, 7) is 6.73. The first-order chi connectivity index (χ1) is 9.12. The zero-order valence-corrected chi connectivity index (χ0v) is 15.2. The predicted octanol–water partition coefficient (Wildman–Crippen LogP) is 5.87. The number of nitrogens with one attached hydrogen (secondary N) is 1. The van der Waals surface area contributed by atoms with Crippen LogP contribution in [0.2, 0.25) is 0 Å². The van der Waals surface area contributed by atoms with Crippen molar-refractivity contribution in [1.82, 2.24) is 5.32 Å². The summed E-state index contributed by atoms with van der Waals surface area (Å²) in [5.74, 6) is 0.737. The number of halogens is 1. The summed E-state index contributed by atoms with van der Waals surface area (Å²) in [5, 5.41) is 14.0. The highest BCUT2D eigenvalue weighted by molar-refractivity contribution is 8.03. The van der Waals surface area contributed by atoms with Crippen molar-refractivity contribution in [2.24, 2.45) is 0 Å². The Bertz CT molecular complexity index is 239. The highest BCUT2D eigenvalue weighted by Gasteiger charge is 2.15. The Morgan fingerprint density at radius 1 is 0.950 bits per heavy atom. The van der Waals surface area contributed by atoms with Gasteiger partial charge in [0.1, 0.15) is 5.40 Å². The van der Waals surface area contributed by atoms with Gasteiger partial charge in [-0.2, -0.15) is 5.26 Å². The van der Waals surface area contributed by atoms with E-state index in [2.05, 4.69) is 31.5 Å². The van der Waals surface area contributed by atoms with Gasteiger partial charge in [0, 0.05) is 5.54 Å². The van der Waals surface area contributed by atoms with Crippen LogP contribution >= 0.6 is 24.2 Å². The van der Waals surface area contributed by atoms with E-state index in [9.17, 15) is 0 Å². The van der Waals surface area contributed by atoms with E-state index in [-0.39, 0.29) is 17.9 Å². The van der Waals surface area contributed by atoms with Gasteiger partial charge in [-0.05, 0) is 32.0 Å². The van der Waals surface area contributed by atoms with Crippen molar-refractivity contribution in [2.45, 2.75) is 90.5 Å². The van der Waals surface area contributed by atoms with E-state index in [0.29, 0.717) is 0 Å². The molecule has 20 heavy (non-hydrogen) atoms. The van der Waals surface area contributed by atoms with Crippen LogP contribution in [-0.4, -0.2) is 11.4 Å². The normalized spacial score (nSPS) is 10.9. The summed E-state index contributed by atoms with van der Waals surface area (Å²) >= 11 is 1.29. The summed E-state index contributed by atoms with van der Waals surface area (Å²) in [7, 11) is 0. The maximum absolute atomic E-state index is 8.49. The molecule has 0 bridgehead atoms. The van der Waals surface area contributed by atoms with Crippen LogP contribution in [-0.2, 0) is 0 Å². The molecule has 0 amide bonds. The van der Waals surface area contributed by atoms with E-state index in [1.807, 2.05) is 0 Å². The van der Waals surface area contributed by atoms with E-state index >= 15 is 0 Å². The van der Waals surface area contributed by atoms with Crippen molar-refractivity contribution in [2.75, 3.05) is 5.88 Å². The van der Waals surface area contributed by atoms with Gasteiger partial charge in [-0.1, -0.05) is 64.7 Å². The van der Waals surface area contributed by atoms with Crippen LogP contribution in [0, 0.1) is 10.7 Å². The highest BCUT2D eigenvalue weighted by Crippen LogP contribution is 2.16. The molecule has 0 fully saturated rings. The number of hydrogen-bond acceptors (Lipinski definition) is 3. The van der Waals surface area contributed by atoms with Gasteiger partial charge < -0.3 is 5.32 Å². The van der Waals surface area contributed by atoms with E-state index in [4.69, 9.17) is 5.26 Å². The first-order valence-electron chi connectivity index (χ1n) is 7.88. The lowest BCUT2D eigenvalue weighted by atomic mass is 9.96. The second-order valence-electron chi connectivity index (χ2n) is 6.02. The summed E-state index contributed by atoms with van der Waals surface area (Å²) in [4.78, 5) is 0. The second-order valence-corrected chi connectivity index (χ2v) is 6.78. The first-order valence-corrected chi connectivity index (χ1v) is 8.87. The fraction of sp³-hybridized carbons (Fsp3) is 0.938. The van der Waals surface area contributed by atoms with Gasteiger partial charge in [0.15, 0.2) is 0 Å². The Hall–Kier alpha value is 0.0900. The van der Waals surface area contributed by atoms with Gasteiger partial charge in [-0.3, -0.25) is 0 Å². The highest BCUT2D eigenvalue weighted by atomic mass is 35.5. The summed E-state index contributed by atoms with van der Waals surface area (Å²) in [6, 6.07) is 0. The van der Waals surface area contributed by atoms with E-state index < -0.39 is 0 Å². The molecule has 0 aliphatic carbocycles. The van der Waals surface area contributed by atoms with E-state index in [0.717, 1.165) is 5.88 Å². The molecule has 0 atom stereocenters. The Morgan fingerprint density at radius 2 is 1.45 bits per heavy atom. The standard InChI is InChI=1S/C16H32N2S.ClH/c1-4-5-6-7-8-9-10-11-12-13-16(2,3)18-15-19-14-17;/h18H,4-13,15H2,1-3H3;1H. The monoisotopic (exact) mass is 320 g/mol. The van der Waals surface area contributed by atoms with Crippen molar-refractivity contribution in [3.05, 3.63) is 0 Å². The maximum atomic E-state index is 8.49. The number of unbranched alkanes of at least 4 members (excludes halogenated alkanes) is 8. The zero-order valence-electron chi connectivity index (χ0n) is 13.5. The van der Waals surface area contributed by atoms with Crippen molar-refractivity contribution in [3.8, 4) is 5.40 Å². The van der Waals surface area contributed by atoms with Gasteiger partial charge in [-0.15, -0.1) is 12.4 Å². The number of rotatable bonds is 13. The molecular formula is C16H33ClN2S. The van der Waals surface area contributed by atoms with E-state index in [1.165, 1.54) is 76.0 Å². The fourth-order valence-corrected chi connectivity index (χ4v) is 2.76. The average molecular weight is 321 g/mol. The van der Waals surface area contributed by atoms with Gasteiger partial charge >= 0.3 is 0 Å². The van der Waals surface area contributed by atoms with Gasteiger partial charge in [-0.25, -0.2) is 0 Å². The smallest absolute Gasteiger partial charge is 0.134 e. The molecule has 0 aromatic rings. The molecular weight excluding hydrogens is 288 g/mol. The average Bonchev–Trinajstić information content (AvgIpc) is 2.37. The lowest BCUT2D eigenvalue weighted by Crippen LogP contribution is -2.38. The molecule has 0 heterocycles. The Kier molecular flexibility index (Phi) is 17.3. The van der Waals surface area contributed by atoms with Gasteiger partial charge in [0.05, 0.1) is 5.88 Å². The number of nitriles is 1. The minimum absolute atomic E-state index is 0. The summed E-state index contributed by atoms with van der Waals surface area (Å²) in [6.07, 6.45) is 13.6. The molecule has 0 saturated heterocycles. The maximum Gasteiger partial charge on any atom is 0.134 e. The molecule has 0 saturated carbocycles. The molecule has 120 valence electrons. The lowest BCUT2D eigenvalue weighted by molar-refractivity contribution is 0.368. The molecule has 4 heteroatoms. The third-order valence-corrected chi connectivity index (χ3v) is 4.01. The van der Waals surface area contributed by atoms with Crippen LogP contribution in [0.4, 0.5) is 0 Å². The third-order valence-electron chi connectivity index (χ3n) is 3.59. The Balaban J connectivity index is 0. The molecule has 0 rings (SSSR count). The lowest BCUT2D eigenvalue weighted by Gasteiger charge is -2.25. The quantitative estimate of drug-likeness (QED) is 0.262. The molecule has 2 nitrogen and oxygen atoms in total. The number of thiocyanates is 1. The van der Waals surface area contributed by atoms with Crippen molar-refractivity contribution >= 4 is 24.2 Å². The van der Waals surface area contributed by atoms with Crippen molar-refractivity contribution in [3.63, 3.8) is 0 Å². The molecule has 1 N–H and O–H groups in total. The number of hydrogen-bond donors (Lipinski definition) is 1. The fourth-order valence-electron chi connectivity index (χ4n) is 2.23. The summed E-state index contributed by atoms with van der Waals surface area (Å²) in [5.41, 5.74) is 0.172. The molecule has 0 unspecified atom stereocenters. The number of nitrogens with zero attached hydrogens (tertiary/aromatic N) is 1. The van der Waals surface area contributed by atoms with Crippen LogP contribution in [0.5, 0.6) is 0 Å². The third kappa shape index (κ3) is 16.1. The van der Waals surface area contributed by atoms with Gasteiger partial charge in [0.2, 0.25) is 0 Å². The minimum Gasteiger partial charge on any atom is -0.302 e. The SMILES string of the molecule is CCCCCCCCCCCC(C)(C)NCSC#N.Cl. The molecule has 0 radical (unpaired) electrons. The summed E-state index contributed by atoms with van der Waals surface area (Å²) < 4.78 is 0. The van der Waals surface area contributed by atoms with Crippen molar-refractivity contribution in [1.29, 1.82) is 5.26 Å². The predicted molar refractivity (Wildman–Crippen MR) is 94.4 cm³/mol. The van der Waals surface area contributed by atoms with Crippen LogP contribution < -0.4 is 5.32 Å². The molecule has 0 aliphatic heterocycles. The second kappa shape index (κ2) is 15.5. The minimum atomic E-state index is 0. The molecule has 0 spiro atoms. The molecule has 0 aromatic heterocycles. The molecule has 0 aliphatic rings. The topological polar surface area (TPSA) is 35.8 Å². The largest absolute Gasteiger partial charge is 0.302 e. The molecule has 0 aromatic carbocycles. The number of thioether (sulfide) groups is 1. The van der Waals surface area contributed by atoms with Gasteiger partial charge in [0.25, 0.3) is 0 Å². The zero-order chi connectivity index (χ0) is 14.4. The van der Waals surface area contributed by atoms with Crippen LogP contribution in [0.3, 0.4) is 0 Å². The van der Waals surface area contributed by atoms with Crippen LogP contribution in [0.25, 0.3) is 0 Å².